The molecule has 0 aliphatic heterocycles. The molecule has 0 aliphatic carbocycles. The lowest BCUT2D eigenvalue weighted by molar-refractivity contribution is 0.166. The molecule has 1 unspecified atom stereocenters. The molecule has 0 aliphatic rings. The van der Waals surface area contributed by atoms with Gasteiger partial charge >= 0.3 is 0 Å². The summed E-state index contributed by atoms with van der Waals surface area (Å²) in [6.07, 6.45) is 0. The van der Waals surface area contributed by atoms with Crippen molar-refractivity contribution in [2.75, 3.05) is 27.9 Å². The average molecular weight is 279 g/mol. The molecule has 0 spiro atoms. The number of benzene rings is 1. The predicted molar refractivity (Wildman–Crippen MR) is 71.6 cm³/mol. The summed E-state index contributed by atoms with van der Waals surface area (Å²) < 4.78 is 20.5. The van der Waals surface area contributed by atoms with Crippen LogP contribution < -0.4 is 15.2 Å². The van der Waals surface area contributed by atoms with Crippen LogP contribution in [0.3, 0.4) is 0 Å². The van der Waals surface area contributed by atoms with Crippen molar-refractivity contribution in [2.24, 2.45) is 5.73 Å². The van der Waals surface area contributed by atoms with Gasteiger partial charge in [-0.3, -0.25) is 0 Å². The van der Waals surface area contributed by atoms with Crippen molar-refractivity contribution in [1.82, 2.24) is 10.1 Å². The lowest BCUT2D eigenvalue weighted by atomic mass is 10.2. The Balaban J connectivity index is 2.31. The number of ether oxygens (including phenoxy) is 3. The van der Waals surface area contributed by atoms with Crippen LogP contribution in [0.25, 0.3) is 11.4 Å². The molecule has 0 saturated heterocycles. The van der Waals surface area contributed by atoms with Crippen LogP contribution in [0.1, 0.15) is 11.9 Å². The van der Waals surface area contributed by atoms with E-state index in [2.05, 4.69) is 10.1 Å². The van der Waals surface area contributed by atoms with Crippen LogP contribution in [0, 0.1) is 0 Å². The van der Waals surface area contributed by atoms with Gasteiger partial charge in [0.25, 0.3) is 0 Å². The normalized spacial score (nSPS) is 12.2. The Morgan fingerprint density at radius 2 is 1.80 bits per heavy atom. The second-order valence-corrected chi connectivity index (χ2v) is 4.12. The Labute approximate surface area is 116 Å². The molecule has 0 fully saturated rings. The van der Waals surface area contributed by atoms with Crippen molar-refractivity contribution in [3.63, 3.8) is 0 Å². The second-order valence-electron chi connectivity index (χ2n) is 4.12. The van der Waals surface area contributed by atoms with Gasteiger partial charge in [0.15, 0.2) is 0 Å². The molecule has 108 valence electrons. The highest BCUT2D eigenvalue weighted by molar-refractivity contribution is 5.60. The molecule has 7 heteroatoms. The largest absolute Gasteiger partial charge is 0.497 e. The standard InChI is InChI=1S/C13H17N3O4/c1-17-7-11(14)13-15-12(16-20-13)8-4-9(18-2)6-10(5-8)19-3/h4-6,11H,7,14H2,1-3H3. The van der Waals surface area contributed by atoms with Crippen molar-refractivity contribution >= 4 is 0 Å². The first-order valence-corrected chi connectivity index (χ1v) is 5.99. The monoisotopic (exact) mass is 279 g/mol. The van der Waals surface area contributed by atoms with E-state index in [9.17, 15) is 0 Å². The lowest BCUT2D eigenvalue weighted by Gasteiger charge is -2.06. The predicted octanol–water partition coefficient (Wildman–Crippen LogP) is 1.40. The number of aromatic nitrogens is 2. The van der Waals surface area contributed by atoms with Crippen LogP contribution in [-0.4, -0.2) is 38.1 Å². The summed E-state index contributed by atoms with van der Waals surface area (Å²) in [5, 5.41) is 3.91. The zero-order valence-electron chi connectivity index (χ0n) is 11.6. The summed E-state index contributed by atoms with van der Waals surface area (Å²) in [6, 6.07) is 4.90. The van der Waals surface area contributed by atoms with Crippen molar-refractivity contribution in [3.05, 3.63) is 24.1 Å². The third-order valence-corrected chi connectivity index (χ3v) is 2.71. The smallest absolute Gasteiger partial charge is 0.246 e. The van der Waals surface area contributed by atoms with E-state index in [-0.39, 0.29) is 0 Å². The Morgan fingerprint density at radius 3 is 2.35 bits per heavy atom. The minimum absolute atomic E-state index is 0.309. The van der Waals surface area contributed by atoms with E-state index in [0.717, 1.165) is 5.56 Å². The summed E-state index contributed by atoms with van der Waals surface area (Å²) >= 11 is 0. The van der Waals surface area contributed by atoms with Gasteiger partial charge in [-0.05, 0) is 12.1 Å². The molecule has 2 rings (SSSR count). The van der Waals surface area contributed by atoms with Gasteiger partial charge in [-0.25, -0.2) is 0 Å². The minimum atomic E-state index is -0.450. The molecule has 1 heterocycles. The first-order chi connectivity index (χ1) is 9.67. The third-order valence-electron chi connectivity index (χ3n) is 2.71. The van der Waals surface area contributed by atoms with Gasteiger partial charge in [-0.1, -0.05) is 5.16 Å². The quantitative estimate of drug-likeness (QED) is 0.854. The molecule has 1 aromatic carbocycles. The maximum absolute atomic E-state index is 5.84. The molecule has 2 N–H and O–H groups in total. The van der Waals surface area contributed by atoms with Crippen LogP contribution in [0.4, 0.5) is 0 Å². The summed E-state index contributed by atoms with van der Waals surface area (Å²) in [6.45, 7) is 0.309. The minimum Gasteiger partial charge on any atom is -0.497 e. The SMILES string of the molecule is COCC(N)c1nc(-c2cc(OC)cc(OC)c2)no1. The molecule has 7 nitrogen and oxygen atoms in total. The maximum atomic E-state index is 5.84. The summed E-state index contributed by atoms with van der Waals surface area (Å²) in [4.78, 5) is 4.26. The molecular formula is C13H17N3O4. The van der Waals surface area contributed by atoms with Gasteiger partial charge in [-0.2, -0.15) is 4.98 Å². The molecule has 0 saturated carbocycles. The van der Waals surface area contributed by atoms with Crippen molar-refractivity contribution in [2.45, 2.75) is 6.04 Å². The van der Waals surface area contributed by atoms with Gasteiger partial charge in [0.05, 0.1) is 20.8 Å². The highest BCUT2D eigenvalue weighted by atomic mass is 16.5. The molecular weight excluding hydrogens is 262 g/mol. The molecule has 2 aromatic rings. The number of hydrogen-bond donors (Lipinski definition) is 1. The molecule has 0 amide bonds. The van der Waals surface area contributed by atoms with Crippen LogP contribution in [0.2, 0.25) is 0 Å². The highest BCUT2D eigenvalue weighted by Gasteiger charge is 2.16. The maximum Gasteiger partial charge on any atom is 0.246 e. The fourth-order valence-electron chi connectivity index (χ4n) is 1.69. The summed E-state index contributed by atoms with van der Waals surface area (Å²) in [7, 11) is 4.72. The molecule has 1 atom stereocenters. The number of nitrogens with two attached hydrogens (primary N) is 1. The van der Waals surface area contributed by atoms with E-state index in [1.165, 1.54) is 0 Å². The fourth-order valence-corrected chi connectivity index (χ4v) is 1.69. The van der Waals surface area contributed by atoms with Crippen LogP contribution in [0.5, 0.6) is 11.5 Å². The topological polar surface area (TPSA) is 92.6 Å². The Morgan fingerprint density at radius 1 is 1.15 bits per heavy atom. The Bertz CT molecular complexity index is 548. The van der Waals surface area contributed by atoms with Crippen LogP contribution >= 0.6 is 0 Å². The molecule has 1 aromatic heterocycles. The van der Waals surface area contributed by atoms with E-state index in [1.54, 1.807) is 39.5 Å². The van der Waals surface area contributed by atoms with Gasteiger partial charge in [0, 0.05) is 18.7 Å². The molecule has 20 heavy (non-hydrogen) atoms. The van der Waals surface area contributed by atoms with Gasteiger partial charge < -0.3 is 24.5 Å². The second kappa shape index (κ2) is 6.36. The first kappa shape index (κ1) is 14.3. The first-order valence-electron chi connectivity index (χ1n) is 5.99. The highest BCUT2D eigenvalue weighted by Crippen LogP contribution is 2.28. The Kier molecular flexibility index (Phi) is 4.54. The van der Waals surface area contributed by atoms with E-state index in [1.807, 2.05) is 0 Å². The van der Waals surface area contributed by atoms with Gasteiger partial charge in [-0.15, -0.1) is 0 Å². The number of nitrogens with zero attached hydrogens (tertiary/aromatic N) is 2. The third kappa shape index (κ3) is 3.06. The zero-order valence-corrected chi connectivity index (χ0v) is 11.6. The summed E-state index contributed by atoms with van der Waals surface area (Å²) in [5.41, 5.74) is 6.56. The van der Waals surface area contributed by atoms with Gasteiger partial charge in [0.1, 0.15) is 17.5 Å². The lowest BCUT2D eigenvalue weighted by Crippen LogP contribution is -2.16. The van der Waals surface area contributed by atoms with Crippen molar-refractivity contribution < 1.29 is 18.7 Å². The van der Waals surface area contributed by atoms with E-state index in [4.69, 9.17) is 24.5 Å². The van der Waals surface area contributed by atoms with Crippen LogP contribution in [0.15, 0.2) is 22.7 Å². The molecule has 0 radical (unpaired) electrons. The van der Waals surface area contributed by atoms with Crippen molar-refractivity contribution in [3.8, 4) is 22.9 Å². The number of hydrogen-bond acceptors (Lipinski definition) is 7. The average Bonchev–Trinajstić information content (AvgIpc) is 2.97. The molecule has 0 bridgehead atoms. The fraction of sp³-hybridized carbons (Fsp3) is 0.385. The van der Waals surface area contributed by atoms with E-state index >= 15 is 0 Å². The van der Waals surface area contributed by atoms with E-state index in [0.29, 0.717) is 29.8 Å². The van der Waals surface area contributed by atoms with Gasteiger partial charge in [0.2, 0.25) is 11.7 Å². The van der Waals surface area contributed by atoms with Crippen molar-refractivity contribution in [1.29, 1.82) is 0 Å². The number of methoxy groups -OCH3 is 3. The van der Waals surface area contributed by atoms with Crippen LogP contribution in [-0.2, 0) is 4.74 Å². The summed E-state index contributed by atoms with van der Waals surface area (Å²) in [5.74, 6) is 2.03. The number of rotatable bonds is 6. The zero-order chi connectivity index (χ0) is 14.5. The van der Waals surface area contributed by atoms with E-state index < -0.39 is 6.04 Å². The Hall–Kier alpha value is -2.12.